The lowest BCUT2D eigenvalue weighted by Gasteiger charge is -2.33. The maximum absolute atomic E-state index is 10.8. The van der Waals surface area contributed by atoms with E-state index in [1.165, 1.54) is 19.3 Å². The minimum absolute atomic E-state index is 0.211. The van der Waals surface area contributed by atoms with Crippen LogP contribution < -0.4 is 0 Å². The molecule has 0 radical (unpaired) electrons. The summed E-state index contributed by atoms with van der Waals surface area (Å²) in [7, 11) is 0. The van der Waals surface area contributed by atoms with Crippen molar-refractivity contribution in [3.05, 3.63) is 0 Å². The van der Waals surface area contributed by atoms with E-state index in [1.807, 2.05) is 0 Å². The fraction of sp³-hybridized carbons (Fsp3) is 0.909. The van der Waals surface area contributed by atoms with Gasteiger partial charge in [0, 0.05) is 6.54 Å². The predicted molar refractivity (Wildman–Crippen MR) is 54.7 cm³/mol. The first-order valence-electron chi connectivity index (χ1n) is 5.47. The number of piperidine rings is 1. The molecule has 2 nitrogen and oxygen atoms in total. The minimum Gasteiger partial charge on any atom is -0.302 e. The van der Waals surface area contributed by atoms with Crippen molar-refractivity contribution in [2.45, 2.75) is 45.6 Å². The van der Waals surface area contributed by atoms with Crippen molar-refractivity contribution in [1.29, 1.82) is 0 Å². The molecule has 1 saturated heterocycles. The van der Waals surface area contributed by atoms with Crippen molar-refractivity contribution in [2.75, 3.05) is 13.1 Å². The first kappa shape index (κ1) is 10.7. The Morgan fingerprint density at radius 1 is 1.54 bits per heavy atom. The van der Waals surface area contributed by atoms with Gasteiger partial charge in [0.25, 0.3) is 0 Å². The number of rotatable bonds is 4. The summed E-state index contributed by atoms with van der Waals surface area (Å²) in [5, 5.41) is 0. The van der Waals surface area contributed by atoms with Gasteiger partial charge in [-0.2, -0.15) is 0 Å². The third-order valence-electron chi connectivity index (χ3n) is 3.06. The Balaban J connectivity index is 2.40. The number of aldehydes is 1. The molecule has 0 saturated carbocycles. The molecule has 0 aromatic heterocycles. The largest absolute Gasteiger partial charge is 0.302 e. The minimum atomic E-state index is 0.211. The maximum atomic E-state index is 10.8. The van der Waals surface area contributed by atoms with Gasteiger partial charge in [0.1, 0.15) is 6.29 Å². The second-order valence-corrected chi connectivity index (χ2v) is 4.21. The zero-order chi connectivity index (χ0) is 9.68. The van der Waals surface area contributed by atoms with E-state index in [-0.39, 0.29) is 6.04 Å². The summed E-state index contributed by atoms with van der Waals surface area (Å²) >= 11 is 0. The van der Waals surface area contributed by atoms with E-state index in [0.29, 0.717) is 0 Å². The Bertz CT molecular complexity index is 158. The van der Waals surface area contributed by atoms with Crippen LogP contribution in [0, 0.1) is 5.92 Å². The van der Waals surface area contributed by atoms with Gasteiger partial charge in [-0.05, 0) is 25.3 Å². The molecule has 0 amide bonds. The summed E-state index contributed by atoms with van der Waals surface area (Å²) in [6.07, 6.45) is 5.89. The van der Waals surface area contributed by atoms with E-state index in [9.17, 15) is 4.79 Å². The predicted octanol–water partition coefficient (Wildman–Crippen LogP) is 2.09. The van der Waals surface area contributed by atoms with Gasteiger partial charge in [-0.15, -0.1) is 0 Å². The van der Waals surface area contributed by atoms with Crippen molar-refractivity contribution in [3.8, 4) is 0 Å². The van der Waals surface area contributed by atoms with Crippen LogP contribution in [0.1, 0.15) is 39.5 Å². The van der Waals surface area contributed by atoms with E-state index >= 15 is 0 Å². The van der Waals surface area contributed by atoms with Crippen molar-refractivity contribution >= 4 is 6.29 Å². The number of carbonyl (C=O) groups excluding carboxylic acids is 1. The van der Waals surface area contributed by atoms with Crippen LogP contribution in [0.2, 0.25) is 0 Å². The van der Waals surface area contributed by atoms with Gasteiger partial charge >= 0.3 is 0 Å². The molecule has 0 bridgehead atoms. The molecule has 13 heavy (non-hydrogen) atoms. The van der Waals surface area contributed by atoms with Crippen LogP contribution in [0.5, 0.6) is 0 Å². The highest BCUT2D eigenvalue weighted by molar-refractivity contribution is 5.57. The van der Waals surface area contributed by atoms with Crippen LogP contribution in [0.15, 0.2) is 0 Å². The van der Waals surface area contributed by atoms with Gasteiger partial charge < -0.3 is 4.79 Å². The monoisotopic (exact) mass is 183 g/mol. The summed E-state index contributed by atoms with van der Waals surface area (Å²) in [6, 6.07) is 0.211. The van der Waals surface area contributed by atoms with Crippen molar-refractivity contribution < 1.29 is 4.79 Å². The van der Waals surface area contributed by atoms with Crippen molar-refractivity contribution in [3.63, 3.8) is 0 Å². The molecule has 2 atom stereocenters. The highest BCUT2D eigenvalue weighted by Gasteiger charge is 2.22. The van der Waals surface area contributed by atoms with Gasteiger partial charge in [0.15, 0.2) is 0 Å². The van der Waals surface area contributed by atoms with Crippen LogP contribution >= 0.6 is 0 Å². The summed E-state index contributed by atoms with van der Waals surface area (Å²) in [4.78, 5) is 13.2. The zero-order valence-corrected chi connectivity index (χ0v) is 8.83. The van der Waals surface area contributed by atoms with E-state index in [4.69, 9.17) is 0 Å². The first-order valence-corrected chi connectivity index (χ1v) is 5.47. The number of nitrogens with zero attached hydrogens (tertiary/aromatic N) is 1. The van der Waals surface area contributed by atoms with E-state index in [0.717, 1.165) is 31.7 Å². The summed E-state index contributed by atoms with van der Waals surface area (Å²) in [6.45, 7) is 6.69. The third kappa shape index (κ3) is 3.11. The fourth-order valence-electron chi connectivity index (χ4n) is 1.93. The molecule has 1 heterocycles. The molecule has 1 aliphatic heterocycles. The molecule has 76 valence electrons. The highest BCUT2D eigenvalue weighted by atomic mass is 16.1. The Labute approximate surface area is 81.3 Å². The Kier molecular flexibility index (Phi) is 4.43. The van der Waals surface area contributed by atoms with Gasteiger partial charge in [0.05, 0.1) is 6.04 Å². The Hall–Kier alpha value is -0.370. The molecule has 1 aliphatic rings. The van der Waals surface area contributed by atoms with Crippen LogP contribution in [0.25, 0.3) is 0 Å². The lowest BCUT2D eigenvalue weighted by Crippen LogP contribution is -2.42. The molecule has 0 aliphatic carbocycles. The molecule has 0 aromatic rings. The number of hydrogen-bond acceptors (Lipinski definition) is 2. The summed E-state index contributed by atoms with van der Waals surface area (Å²) in [5.41, 5.74) is 0. The third-order valence-corrected chi connectivity index (χ3v) is 3.06. The molecule has 2 unspecified atom stereocenters. The average molecular weight is 183 g/mol. The molecule has 0 N–H and O–H groups in total. The highest BCUT2D eigenvalue weighted by Crippen LogP contribution is 2.17. The van der Waals surface area contributed by atoms with Crippen LogP contribution in [-0.2, 0) is 4.79 Å². The van der Waals surface area contributed by atoms with E-state index in [2.05, 4.69) is 18.7 Å². The molecular formula is C11H21NO. The van der Waals surface area contributed by atoms with Gasteiger partial charge in [-0.25, -0.2) is 0 Å². The quantitative estimate of drug-likeness (QED) is 0.622. The Morgan fingerprint density at radius 3 is 2.92 bits per heavy atom. The van der Waals surface area contributed by atoms with E-state index in [1.54, 1.807) is 0 Å². The normalized spacial score (nSPS) is 27.1. The number of hydrogen-bond donors (Lipinski definition) is 0. The molecule has 1 fully saturated rings. The van der Waals surface area contributed by atoms with Crippen molar-refractivity contribution in [1.82, 2.24) is 4.90 Å². The first-order chi connectivity index (χ1) is 6.27. The van der Waals surface area contributed by atoms with Crippen LogP contribution in [-0.4, -0.2) is 30.3 Å². The smallest absolute Gasteiger partial charge is 0.137 e. The lowest BCUT2D eigenvalue weighted by molar-refractivity contribution is -0.113. The standard InChI is InChI=1S/C11H21NO/c1-3-10(2)8-12-7-5-4-6-11(12)9-13/h9-11H,3-8H2,1-2H3. The molecule has 0 aromatic carbocycles. The SMILES string of the molecule is CCC(C)CN1CCCCC1C=O. The van der Waals surface area contributed by atoms with E-state index < -0.39 is 0 Å². The topological polar surface area (TPSA) is 20.3 Å². The van der Waals surface area contributed by atoms with Gasteiger partial charge in [-0.1, -0.05) is 26.7 Å². The maximum Gasteiger partial charge on any atom is 0.137 e. The van der Waals surface area contributed by atoms with Crippen molar-refractivity contribution in [2.24, 2.45) is 5.92 Å². The lowest BCUT2D eigenvalue weighted by atomic mass is 10.0. The van der Waals surface area contributed by atoms with Gasteiger partial charge in [-0.3, -0.25) is 4.90 Å². The van der Waals surface area contributed by atoms with Crippen LogP contribution in [0.3, 0.4) is 0 Å². The molecule has 1 rings (SSSR count). The summed E-state index contributed by atoms with van der Waals surface area (Å²) in [5.74, 6) is 0.723. The second-order valence-electron chi connectivity index (χ2n) is 4.21. The second kappa shape index (κ2) is 5.38. The Morgan fingerprint density at radius 2 is 2.31 bits per heavy atom. The van der Waals surface area contributed by atoms with Gasteiger partial charge in [0.2, 0.25) is 0 Å². The number of likely N-dealkylation sites (tertiary alicyclic amines) is 1. The molecular weight excluding hydrogens is 162 g/mol. The summed E-state index contributed by atoms with van der Waals surface area (Å²) < 4.78 is 0. The molecule has 2 heteroatoms. The van der Waals surface area contributed by atoms with Crippen LogP contribution in [0.4, 0.5) is 0 Å². The number of carbonyl (C=O) groups is 1. The molecule has 0 spiro atoms. The average Bonchev–Trinajstić information content (AvgIpc) is 2.18. The fourth-order valence-corrected chi connectivity index (χ4v) is 1.93. The zero-order valence-electron chi connectivity index (χ0n) is 8.83.